The van der Waals surface area contributed by atoms with Gasteiger partial charge in [0, 0.05) is 11.4 Å². The zero-order valence-corrected chi connectivity index (χ0v) is 18.4. The minimum absolute atomic E-state index is 0.167. The molecule has 0 bridgehead atoms. The number of thiophene rings is 1. The second-order valence-electron chi connectivity index (χ2n) is 7.06. The molecular weight excluding hydrogens is 412 g/mol. The van der Waals surface area contributed by atoms with Crippen molar-refractivity contribution in [2.75, 3.05) is 19.0 Å². The first-order valence-electron chi connectivity index (χ1n) is 9.24. The molecule has 1 unspecified atom stereocenters. The second-order valence-corrected chi connectivity index (χ2v) is 10.2. The summed E-state index contributed by atoms with van der Waals surface area (Å²) in [6.45, 7) is 5.80. The molecule has 9 heteroatoms. The van der Waals surface area contributed by atoms with Gasteiger partial charge in [-0.1, -0.05) is 17.7 Å². The van der Waals surface area contributed by atoms with Crippen LogP contribution in [0.25, 0.3) is 0 Å². The van der Waals surface area contributed by atoms with Gasteiger partial charge in [0.25, 0.3) is 0 Å². The number of aryl methyl sites for hydroxylation is 2. The van der Waals surface area contributed by atoms with Gasteiger partial charge in [0.15, 0.2) is 0 Å². The molecule has 0 saturated carbocycles. The molecule has 3 rings (SSSR count). The smallest absolute Gasteiger partial charge is 0.341 e. The molecule has 1 amide bonds. The van der Waals surface area contributed by atoms with Crippen molar-refractivity contribution < 1.29 is 22.7 Å². The normalized spacial score (nSPS) is 17.3. The number of amides is 1. The third-order valence-electron chi connectivity index (χ3n) is 5.15. The van der Waals surface area contributed by atoms with Crippen molar-refractivity contribution in [1.29, 1.82) is 0 Å². The first kappa shape index (κ1) is 21.5. The van der Waals surface area contributed by atoms with Crippen LogP contribution in [0.3, 0.4) is 0 Å². The fraction of sp³-hybridized carbons (Fsp3) is 0.400. The topological polar surface area (TPSA) is 92.8 Å². The van der Waals surface area contributed by atoms with Crippen molar-refractivity contribution in [3.8, 4) is 0 Å². The lowest BCUT2D eigenvalue weighted by molar-refractivity contribution is -0.119. The standard InChI is InChI=1S/C20H24N2O5S2/c1-12-7-9-15(10-8-12)29(25,26)22-11-5-6-16(22)18(23)21-19-17(20(24)27-4)13(2)14(3)28-19/h7-10,16H,5-6,11H2,1-4H3,(H,21,23). The molecule has 0 spiro atoms. The van der Waals surface area contributed by atoms with Crippen LogP contribution in [-0.2, 0) is 19.6 Å². The molecule has 0 radical (unpaired) electrons. The maximum atomic E-state index is 13.1. The third-order valence-corrected chi connectivity index (χ3v) is 8.19. The molecule has 1 saturated heterocycles. The number of esters is 1. The zero-order valence-electron chi connectivity index (χ0n) is 16.8. The predicted molar refractivity (Wildman–Crippen MR) is 112 cm³/mol. The SMILES string of the molecule is COC(=O)c1c(NC(=O)C2CCCN2S(=O)(=O)c2ccc(C)cc2)sc(C)c1C. The van der Waals surface area contributed by atoms with Crippen molar-refractivity contribution in [2.24, 2.45) is 0 Å². The number of hydrogen-bond donors (Lipinski definition) is 1. The quantitative estimate of drug-likeness (QED) is 0.727. The number of anilines is 1. The van der Waals surface area contributed by atoms with Gasteiger partial charge in [-0.15, -0.1) is 11.3 Å². The maximum absolute atomic E-state index is 13.1. The van der Waals surface area contributed by atoms with Crippen LogP contribution >= 0.6 is 11.3 Å². The van der Waals surface area contributed by atoms with E-state index in [2.05, 4.69) is 5.32 Å². The first-order chi connectivity index (χ1) is 13.7. The Kier molecular flexibility index (Phi) is 6.11. The van der Waals surface area contributed by atoms with Crippen molar-refractivity contribution in [1.82, 2.24) is 4.31 Å². The lowest BCUT2D eigenvalue weighted by atomic mass is 10.1. The van der Waals surface area contributed by atoms with Crippen molar-refractivity contribution in [3.05, 3.63) is 45.8 Å². The van der Waals surface area contributed by atoms with Crippen LogP contribution in [0.2, 0.25) is 0 Å². The monoisotopic (exact) mass is 436 g/mol. The number of ether oxygens (including phenoxy) is 1. The Hall–Kier alpha value is -2.23. The van der Waals surface area contributed by atoms with Crippen molar-refractivity contribution >= 4 is 38.2 Å². The molecule has 2 heterocycles. The number of nitrogens with zero attached hydrogens (tertiary/aromatic N) is 1. The summed E-state index contributed by atoms with van der Waals surface area (Å²) < 4.78 is 32.2. The van der Waals surface area contributed by atoms with Crippen molar-refractivity contribution in [2.45, 2.75) is 44.6 Å². The fourth-order valence-electron chi connectivity index (χ4n) is 3.39. The number of hydrogen-bond acceptors (Lipinski definition) is 6. The summed E-state index contributed by atoms with van der Waals surface area (Å²) >= 11 is 1.28. The Morgan fingerprint density at radius 2 is 1.83 bits per heavy atom. The van der Waals surface area contributed by atoms with Crippen molar-refractivity contribution in [3.63, 3.8) is 0 Å². The van der Waals surface area contributed by atoms with E-state index in [1.165, 1.54) is 22.8 Å². The third kappa shape index (κ3) is 4.08. The fourth-order valence-corrected chi connectivity index (χ4v) is 6.10. The Balaban J connectivity index is 1.87. The summed E-state index contributed by atoms with van der Waals surface area (Å²) in [4.78, 5) is 26.2. The number of methoxy groups -OCH3 is 1. The van der Waals surface area contributed by atoms with Gasteiger partial charge in [0.2, 0.25) is 15.9 Å². The zero-order chi connectivity index (χ0) is 21.3. The molecule has 1 atom stereocenters. The van der Waals surface area contributed by atoms with Crippen LogP contribution < -0.4 is 5.32 Å². The predicted octanol–water partition coefficient (Wildman–Crippen LogP) is 3.25. The average molecular weight is 437 g/mol. The van der Waals surface area contributed by atoms with Gasteiger partial charge in [-0.05, 0) is 51.3 Å². The highest BCUT2D eigenvalue weighted by Crippen LogP contribution is 2.34. The lowest BCUT2D eigenvalue weighted by Gasteiger charge is -2.23. The summed E-state index contributed by atoms with van der Waals surface area (Å²) in [6.07, 6.45) is 1.02. The summed E-state index contributed by atoms with van der Waals surface area (Å²) in [6, 6.07) is 5.75. The molecule has 0 aliphatic carbocycles. The van der Waals surface area contributed by atoms with Gasteiger partial charge < -0.3 is 10.1 Å². The molecule has 1 aromatic heterocycles. The highest BCUT2D eigenvalue weighted by atomic mass is 32.2. The largest absolute Gasteiger partial charge is 0.465 e. The van der Waals surface area contributed by atoms with Gasteiger partial charge >= 0.3 is 5.97 Å². The average Bonchev–Trinajstić information content (AvgIpc) is 3.28. The van der Waals surface area contributed by atoms with Gasteiger partial charge in [-0.25, -0.2) is 13.2 Å². The van der Waals surface area contributed by atoms with Gasteiger partial charge in [-0.2, -0.15) is 4.31 Å². The van der Waals surface area contributed by atoms with Crippen LogP contribution in [0.15, 0.2) is 29.2 Å². The number of carbonyl (C=O) groups is 2. The van der Waals surface area contributed by atoms with Gasteiger partial charge in [-0.3, -0.25) is 4.79 Å². The molecule has 1 aliphatic rings. The minimum atomic E-state index is -3.79. The molecule has 7 nitrogen and oxygen atoms in total. The van der Waals surface area contributed by atoms with Crippen LogP contribution in [-0.4, -0.2) is 44.3 Å². The number of carbonyl (C=O) groups excluding carboxylic acids is 2. The highest BCUT2D eigenvalue weighted by Gasteiger charge is 2.40. The van der Waals surface area contributed by atoms with Crippen LogP contribution in [0.4, 0.5) is 5.00 Å². The summed E-state index contributed by atoms with van der Waals surface area (Å²) in [5, 5.41) is 3.15. The Labute approximate surface area is 174 Å². The first-order valence-corrected chi connectivity index (χ1v) is 11.5. The second kappa shape index (κ2) is 8.25. The molecule has 29 heavy (non-hydrogen) atoms. The maximum Gasteiger partial charge on any atom is 0.341 e. The summed E-state index contributed by atoms with van der Waals surface area (Å²) in [5.74, 6) is -0.970. The lowest BCUT2D eigenvalue weighted by Crippen LogP contribution is -2.43. The summed E-state index contributed by atoms with van der Waals surface area (Å²) in [5.41, 5.74) is 2.01. The van der Waals surface area contributed by atoms with E-state index >= 15 is 0 Å². The molecule has 1 N–H and O–H groups in total. The molecule has 2 aromatic rings. The van der Waals surface area contributed by atoms with E-state index in [1.54, 1.807) is 31.2 Å². The summed E-state index contributed by atoms with van der Waals surface area (Å²) in [7, 11) is -2.51. The Morgan fingerprint density at radius 1 is 1.17 bits per heavy atom. The van der Waals surface area contributed by atoms with Crippen LogP contribution in [0, 0.1) is 20.8 Å². The van der Waals surface area contributed by atoms with E-state index < -0.39 is 27.9 Å². The molecule has 1 aliphatic heterocycles. The van der Waals surface area contributed by atoms with E-state index in [-0.39, 0.29) is 11.4 Å². The van der Waals surface area contributed by atoms with E-state index in [4.69, 9.17) is 4.74 Å². The Morgan fingerprint density at radius 3 is 2.45 bits per heavy atom. The van der Waals surface area contributed by atoms with E-state index in [0.717, 1.165) is 16.0 Å². The molecular formula is C20H24N2O5S2. The Bertz CT molecular complexity index is 1040. The van der Waals surface area contributed by atoms with Gasteiger partial charge in [0.05, 0.1) is 17.6 Å². The van der Waals surface area contributed by atoms with Crippen LogP contribution in [0.5, 0.6) is 0 Å². The van der Waals surface area contributed by atoms with E-state index in [0.29, 0.717) is 23.4 Å². The number of rotatable bonds is 5. The number of sulfonamides is 1. The van der Waals surface area contributed by atoms with Gasteiger partial charge in [0.1, 0.15) is 11.0 Å². The van der Waals surface area contributed by atoms with E-state index in [1.807, 2.05) is 13.8 Å². The van der Waals surface area contributed by atoms with Crippen LogP contribution in [0.1, 0.15) is 39.2 Å². The van der Waals surface area contributed by atoms with E-state index in [9.17, 15) is 18.0 Å². The molecule has 1 fully saturated rings. The molecule has 156 valence electrons. The number of benzene rings is 1. The number of nitrogens with one attached hydrogen (secondary N) is 1. The minimum Gasteiger partial charge on any atom is -0.465 e. The molecule has 1 aromatic carbocycles. The highest BCUT2D eigenvalue weighted by molar-refractivity contribution is 7.89.